The minimum atomic E-state index is -1.55. The van der Waals surface area contributed by atoms with Gasteiger partial charge in [0.2, 0.25) is 0 Å². The molecule has 4 N–H and O–H groups in total. The molecule has 0 radical (unpaired) electrons. The Morgan fingerprint density at radius 3 is 1.52 bits per heavy atom. The van der Waals surface area contributed by atoms with Gasteiger partial charge in [-0.3, -0.25) is 4.79 Å². The van der Waals surface area contributed by atoms with Gasteiger partial charge in [-0.05, 0) is 96.3 Å². The van der Waals surface area contributed by atoms with Crippen LogP contribution < -0.4 is 0 Å². The van der Waals surface area contributed by atoms with Crippen LogP contribution in [0.25, 0.3) is 0 Å². The van der Waals surface area contributed by atoms with E-state index in [1.807, 2.05) is 0 Å². The van der Waals surface area contributed by atoms with E-state index < -0.39 is 43.4 Å². The minimum Gasteiger partial charge on any atom is -0.457 e. The van der Waals surface area contributed by atoms with Crippen molar-refractivity contribution >= 4 is 5.97 Å². The predicted molar refractivity (Wildman–Crippen MR) is 251 cm³/mol. The van der Waals surface area contributed by atoms with E-state index in [1.165, 1.54) is 44.9 Å². The number of hydrogen-bond acceptors (Lipinski definition) is 9. The lowest BCUT2D eigenvalue weighted by Gasteiger charge is -2.39. The van der Waals surface area contributed by atoms with Crippen LogP contribution in [0.15, 0.2) is 97.2 Å². The van der Waals surface area contributed by atoms with Crippen LogP contribution in [0.2, 0.25) is 0 Å². The van der Waals surface area contributed by atoms with Gasteiger partial charge in [-0.25, -0.2) is 0 Å². The highest BCUT2D eigenvalue weighted by Gasteiger charge is 2.44. The van der Waals surface area contributed by atoms with Crippen LogP contribution in [0, 0.1) is 0 Å². The second-order valence-corrected chi connectivity index (χ2v) is 15.8. The molecule has 0 amide bonds. The zero-order chi connectivity index (χ0) is 44.3. The molecular weight excluding hydrogens is 769 g/mol. The van der Waals surface area contributed by atoms with Gasteiger partial charge in [0.15, 0.2) is 6.29 Å². The quantitative estimate of drug-likeness (QED) is 0.0271. The molecule has 1 aliphatic heterocycles. The number of esters is 1. The van der Waals surface area contributed by atoms with E-state index >= 15 is 0 Å². The summed E-state index contributed by atoms with van der Waals surface area (Å²) in [6.07, 6.45) is 51.5. The van der Waals surface area contributed by atoms with E-state index in [4.69, 9.17) is 18.9 Å². The third-order valence-electron chi connectivity index (χ3n) is 10.2. The number of aliphatic hydroxyl groups is 4. The number of aliphatic hydroxyl groups excluding tert-OH is 4. The van der Waals surface area contributed by atoms with Gasteiger partial charge in [-0.2, -0.15) is 0 Å². The summed E-state index contributed by atoms with van der Waals surface area (Å²) in [4.78, 5) is 12.8. The molecule has 1 fully saturated rings. The van der Waals surface area contributed by atoms with Crippen molar-refractivity contribution in [3.05, 3.63) is 97.2 Å². The van der Waals surface area contributed by atoms with Crippen molar-refractivity contribution in [3.63, 3.8) is 0 Å². The molecule has 0 spiro atoms. The molecule has 0 saturated carbocycles. The number of rotatable bonds is 39. The highest BCUT2D eigenvalue weighted by atomic mass is 16.7. The molecule has 1 saturated heterocycles. The summed E-state index contributed by atoms with van der Waals surface area (Å²) in [5.41, 5.74) is 0. The van der Waals surface area contributed by atoms with E-state index in [2.05, 4.69) is 111 Å². The van der Waals surface area contributed by atoms with Crippen LogP contribution in [0.3, 0.4) is 0 Å². The molecule has 6 unspecified atom stereocenters. The largest absolute Gasteiger partial charge is 0.457 e. The van der Waals surface area contributed by atoms with Gasteiger partial charge in [0.05, 0.1) is 19.8 Å². The maximum Gasteiger partial charge on any atom is 0.306 e. The molecule has 0 aromatic heterocycles. The predicted octanol–water partition coefficient (Wildman–Crippen LogP) is 11.2. The van der Waals surface area contributed by atoms with Crippen molar-refractivity contribution in [1.82, 2.24) is 0 Å². The summed E-state index contributed by atoms with van der Waals surface area (Å²) in [6.45, 7) is 4.34. The SMILES string of the molecule is CC/C=C\C/C=C\C/C=C\C/C=C\C/C=C\C/C=C\C/C=C\CCCCCC(=O)OC(COCCCCCCCC/C=C\CCCCC)COC1OC(CO)C(O)C(O)C1O. The van der Waals surface area contributed by atoms with Crippen molar-refractivity contribution in [2.45, 2.75) is 198 Å². The van der Waals surface area contributed by atoms with E-state index in [-0.39, 0.29) is 25.6 Å². The Hall–Kier alpha value is -2.89. The van der Waals surface area contributed by atoms with Crippen LogP contribution >= 0.6 is 0 Å². The number of ether oxygens (including phenoxy) is 4. The lowest BCUT2D eigenvalue weighted by molar-refractivity contribution is -0.305. The van der Waals surface area contributed by atoms with Gasteiger partial charge in [-0.1, -0.05) is 156 Å². The first-order valence-electron chi connectivity index (χ1n) is 23.8. The topological polar surface area (TPSA) is 135 Å². The molecule has 61 heavy (non-hydrogen) atoms. The Morgan fingerprint density at radius 2 is 1.00 bits per heavy atom. The summed E-state index contributed by atoms with van der Waals surface area (Å²) < 4.78 is 22.8. The van der Waals surface area contributed by atoms with E-state index in [0.29, 0.717) is 13.0 Å². The summed E-state index contributed by atoms with van der Waals surface area (Å²) in [5.74, 6) is -0.352. The minimum absolute atomic E-state index is 0.120. The normalized spacial score (nSPS) is 20.8. The zero-order valence-electron chi connectivity index (χ0n) is 38.1. The van der Waals surface area contributed by atoms with Crippen molar-refractivity contribution < 1.29 is 44.2 Å². The summed E-state index contributed by atoms with van der Waals surface area (Å²) >= 11 is 0. The Morgan fingerprint density at radius 1 is 0.541 bits per heavy atom. The summed E-state index contributed by atoms with van der Waals surface area (Å²) in [6, 6.07) is 0. The van der Waals surface area contributed by atoms with Crippen LogP contribution in [0.4, 0.5) is 0 Å². The Balaban J connectivity index is 2.28. The Kier molecular flexibility index (Phi) is 39.0. The number of hydrogen-bond donors (Lipinski definition) is 4. The van der Waals surface area contributed by atoms with E-state index in [0.717, 1.165) is 89.9 Å². The average Bonchev–Trinajstić information content (AvgIpc) is 3.26. The van der Waals surface area contributed by atoms with Crippen LogP contribution in [0.1, 0.15) is 162 Å². The first kappa shape index (κ1) is 56.1. The molecule has 1 heterocycles. The second kappa shape index (κ2) is 42.4. The summed E-state index contributed by atoms with van der Waals surface area (Å²) in [7, 11) is 0. The first-order chi connectivity index (χ1) is 29.9. The molecule has 9 nitrogen and oxygen atoms in total. The molecule has 1 rings (SSSR count). The monoisotopic (exact) mass is 855 g/mol. The molecule has 0 bridgehead atoms. The van der Waals surface area contributed by atoms with Crippen LogP contribution in [-0.2, 0) is 23.7 Å². The second-order valence-electron chi connectivity index (χ2n) is 15.8. The summed E-state index contributed by atoms with van der Waals surface area (Å²) in [5, 5.41) is 40.1. The van der Waals surface area contributed by atoms with Gasteiger partial charge in [0.25, 0.3) is 0 Å². The fourth-order valence-corrected chi connectivity index (χ4v) is 6.52. The third-order valence-corrected chi connectivity index (χ3v) is 10.2. The van der Waals surface area contributed by atoms with Crippen molar-refractivity contribution in [3.8, 4) is 0 Å². The van der Waals surface area contributed by atoms with Crippen molar-refractivity contribution in [2.24, 2.45) is 0 Å². The maximum absolute atomic E-state index is 12.8. The molecule has 348 valence electrons. The number of allylic oxidation sites excluding steroid dienone is 16. The number of unbranched alkanes of at least 4 members (excludes halogenated alkanes) is 12. The number of carbonyl (C=O) groups excluding carboxylic acids is 1. The lowest BCUT2D eigenvalue weighted by atomic mass is 9.99. The average molecular weight is 855 g/mol. The molecule has 6 atom stereocenters. The highest BCUT2D eigenvalue weighted by Crippen LogP contribution is 2.22. The van der Waals surface area contributed by atoms with E-state index in [1.54, 1.807) is 0 Å². The van der Waals surface area contributed by atoms with Crippen LogP contribution in [0.5, 0.6) is 0 Å². The number of carbonyl (C=O) groups is 1. The Bertz CT molecular complexity index is 1250. The zero-order valence-corrected chi connectivity index (χ0v) is 38.1. The molecule has 0 aliphatic carbocycles. The lowest BCUT2D eigenvalue weighted by Crippen LogP contribution is -2.59. The van der Waals surface area contributed by atoms with E-state index in [9.17, 15) is 25.2 Å². The highest BCUT2D eigenvalue weighted by molar-refractivity contribution is 5.69. The first-order valence-corrected chi connectivity index (χ1v) is 23.8. The van der Waals surface area contributed by atoms with Gasteiger partial charge < -0.3 is 39.4 Å². The molecular formula is C52H86O9. The van der Waals surface area contributed by atoms with Crippen molar-refractivity contribution in [2.75, 3.05) is 26.4 Å². The Labute approximate surface area is 371 Å². The van der Waals surface area contributed by atoms with Gasteiger partial charge >= 0.3 is 5.97 Å². The maximum atomic E-state index is 12.8. The van der Waals surface area contributed by atoms with Gasteiger partial charge in [0, 0.05) is 13.0 Å². The standard InChI is InChI=1S/C52H86O9/c1-3-5-7-9-11-13-15-17-18-19-20-21-22-23-24-25-26-27-28-29-31-33-35-37-39-41-48(54)60-46(45-59-52-51(57)50(56)49(55)47(43-53)61-52)44-58-42-40-38-36-34-32-30-16-14-12-10-8-6-4-2/h5,7,11-14,17-18,20-21,23-24,26-27,29,31,46-47,49-53,55-57H,3-4,6,8-10,15-16,19,22,25,28,30,32-45H2,1-2H3/b7-5-,13-11-,14-12-,18-17-,21-20-,24-23-,27-26-,31-29-. The fourth-order valence-electron chi connectivity index (χ4n) is 6.52. The fraction of sp³-hybridized carbons (Fsp3) is 0.673. The molecule has 0 aromatic carbocycles. The third kappa shape index (κ3) is 33.4. The van der Waals surface area contributed by atoms with Gasteiger partial charge in [-0.15, -0.1) is 0 Å². The molecule has 9 heteroatoms. The van der Waals surface area contributed by atoms with Gasteiger partial charge in [0.1, 0.15) is 30.5 Å². The molecule has 0 aromatic rings. The smallest absolute Gasteiger partial charge is 0.306 e. The molecule has 1 aliphatic rings. The van der Waals surface area contributed by atoms with Crippen molar-refractivity contribution in [1.29, 1.82) is 0 Å². The van der Waals surface area contributed by atoms with Crippen LogP contribution in [-0.4, -0.2) is 89.6 Å².